The standard InChI is InChI=1S/C16H10ClNO2/c17-16(20)13-10-18(11-6-2-1-3-7-11)14-9-5-4-8-12(14)15(13)19/h1-10H. The summed E-state index contributed by atoms with van der Waals surface area (Å²) in [5, 5.41) is -0.270. The molecule has 0 aliphatic heterocycles. The van der Waals surface area contributed by atoms with Crippen LogP contribution < -0.4 is 5.43 Å². The number of rotatable bonds is 2. The van der Waals surface area contributed by atoms with Gasteiger partial charge in [-0.05, 0) is 35.9 Å². The minimum Gasteiger partial charge on any atom is -0.316 e. The van der Waals surface area contributed by atoms with Gasteiger partial charge in [0, 0.05) is 17.3 Å². The number of carbonyl (C=O) groups is 1. The van der Waals surface area contributed by atoms with E-state index in [4.69, 9.17) is 11.6 Å². The van der Waals surface area contributed by atoms with Crippen LogP contribution in [0.25, 0.3) is 16.6 Å². The fourth-order valence-corrected chi connectivity index (χ4v) is 2.35. The first kappa shape index (κ1) is 12.6. The van der Waals surface area contributed by atoms with Gasteiger partial charge in [-0.2, -0.15) is 0 Å². The molecule has 0 aliphatic carbocycles. The monoisotopic (exact) mass is 283 g/mol. The molecule has 0 aliphatic rings. The minimum absolute atomic E-state index is 0.0192. The van der Waals surface area contributed by atoms with Crippen LogP contribution in [0, 0.1) is 0 Å². The fourth-order valence-electron chi connectivity index (χ4n) is 2.22. The van der Waals surface area contributed by atoms with E-state index < -0.39 is 5.24 Å². The average Bonchev–Trinajstić information content (AvgIpc) is 2.48. The quantitative estimate of drug-likeness (QED) is 0.677. The lowest BCUT2D eigenvalue weighted by atomic mass is 10.1. The molecule has 20 heavy (non-hydrogen) atoms. The van der Waals surface area contributed by atoms with Crippen LogP contribution in [0.5, 0.6) is 0 Å². The summed E-state index contributed by atoms with van der Waals surface area (Å²) in [6, 6.07) is 16.6. The molecule has 0 spiro atoms. The Hall–Kier alpha value is -2.39. The summed E-state index contributed by atoms with van der Waals surface area (Å²) in [6.45, 7) is 0. The van der Waals surface area contributed by atoms with Gasteiger partial charge in [-0.3, -0.25) is 9.59 Å². The van der Waals surface area contributed by atoms with Gasteiger partial charge in [-0.25, -0.2) is 0 Å². The van der Waals surface area contributed by atoms with Gasteiger partial charge >= 0.3 is 0 Å². The van der Waals surface area contributed by atoms with Gasteiger partial charge in [0.25, 0.3) is 5.24 Å². The van der Waals surface area contributed by atoms with Crippen molar-refractivity contribution in [1.29, 1.82) is 0 Å². The van der Waals surface area contributed by atoms with Crippen LogP contribution in [0.15, 0.2) is 65.6 Å². The van der Waals surface area contributed by atoms with Crippen LogP contribution in [0.3, 0.4) is 0 Å². The number of aromatic nitrogens is 1. The normalized spacial score (nSPS) is 10.7. The van der Waals surface area contributed by atoms with Gasteiger partial charge in [0.2, 0.25) is 5.43 Å². The zero-order valence-electron chi connectivity index (χ0n) is 10.4. The second-order valence-corrected chi connectivity index (χ2v) is 4.71. The first-order valence-corrected chi connectivity index (χ1v) is 6.46. The maximum absolute atomic E-state index is 12.2. The van der Waals surface area contributed by atoms with E-state index in [-0.39, 0.29) is 11.0 Å². The van der Waals surface area contributed by atoms with Crippen molar-refractivity contribution in [3.05, 3.63) is 76.6 Å². The number of para-hydroxylation sites is 2. The van der Waals surface area contributed by atoms with Gasteiger partial charge in [-0.15, -0.1) is 0 Å². The molecule has 0 saturated carbocycles. The third kappa shape index (κ3) is 2.02. The van der Waals surface area contributed by atoms with Crippen molar-refractivity contribution in [1.82, 2.24) is 4.57 Å². The highest BCUT2D eigenvalue weighted by molar-refractivity contribution is 6.67. The molecule has 0 N–H and O–H groups in total. The predicted octanol–water partition coefficient (Wildman–Crippen LogP) is 3.37. The molecule has 1 heterocycles. The Morgan fingerprint density at radius 1 is 0.950 bits per heavy atom. The van der Waals surface area contributed by atoms with Crippen molar-refractivity contribution < 1.29 is 4.79 Å². The third-order valence-electron chi connectivity index (χ3n) is 3.16. The summed E-state index contributed by atoms with van der Waals surface area (Å²) in [5.74, 6) is 0. The van der Waals surface area contributed by atoms with Gasteiger partial charge in [-0.1, -0.05) is 30.3 Å². The summed E-state index contributed by atoms with van der Waals surface area (Å²) in [4.78, 5) is 23.7. The van der Waals surface area contributed by atoms with Crippen molar-refractivity contribution in [3.63, 3.8) is 0 Å². The van der Waals surface area contributed by atoms with E-state index in [1.807, 2.05) is 42.5 Å². The molecule has 4 heteroatoms. The predicted molar refractivity (Wildman–Crippen MR) is 79.7 cm³/mol. The molecular formula is C16H10ClNO2. The number of carbonyl (C=O) groups excluding carboxylic acids is 1. The number of hydrogen-bond acceptors (Lipinski definition) is 2. The number of hydrogen-bond donors (Lipinski definition) is 0. The second kappa shape index (κ2) is 4.94. The van der Waals surface area contributed by atoms with E-state index in [1.54, 1.807) is 16.7 Å². The average molecular weight is 284 g/mol. The highest BCUT2D eigenvalue weighted by Crippen LogP contribution is 2.17. The number of pyridine rings is 1. The molecule has 3 aromatic rings. The summed E-state index contributed by atoms with van der Waals surface area (Å²) in [5.41, 5.74) is 1.25. The molecule has 3 rings (SSSR count). The first-order valence-electron chi connectivity index (χ1n) is 6.08. The topological polar surface area (TPSA) is 39.1 Å². The lowest BCUT2D eigenvalue weighted by Crippen LogP contribution is -2.16. The third-order valence-corrected chi connectivity index (χ3v) is 3.36. The molecular weight excluding hydrogens is 274 g/mol. The number of halogens is 1. The largest absolute Gasteiger partial charge is 0.316 e. The second-order valence-electron chi connectivity index (χ2n) is 4.37. The molecule has 1 aromatic heterocycles. The molecule has 0 amide bonds. The van der Waals surface area contributed by atoms with E-state index >= 15 is 0 Å². The molecule has 0 unspecified atom stereocenters. The van der Waals surface area contributed by atoms with E-state index in [9.17, 15) is 9.59 Å². The number of fused-ring (bicyclic) bond motifs is 1. The Bertz CT molecular complexity index is 853. The SMILES string of the molecule is O=C(Cl)c1cn(-c2ccccc2)c2ccccc2c1=O. The first-order chi connectivity index (χ1) is 9.68. The lowest BCUT2D eigenvalue weighted by molar-refractivity contribution is 0.108. The Labute approximate surface area is 120 Å². The van der Waals surface area contributed by atoms with Crippen molar-refractivity contribution in [2.75, 3.05) is 0 Å². The molecule has 0 bridgehead atoms. The van der Waals surface area contributed by atoms with Crippen LogP contribution in [0.1, 0.15) is 10.4 Å². The number of nitrogens with zero attached hydrogens (tertiary/aromatic N) is 1. The van der Waals surface area contributed by atoms with Gasteiger partial charge in [0.1, 0.15) is 0 Å². The van der Waals surface area contributed by atoms with Crippen LogP contribution >= 0.6 is 11.6 Å². The van der Waals surface area contributed by atoms with Crippen molar-refractivity contribution >= 4 is 27.7 Å². The van der Waals surface area contributed by atoms with Crippen LogP contribution in [-0.2, 0) is 0 Å². The lowest BCUT2D eigenvalue weighted by Gasteiger charge is -2.12. The molecule has 0 fully saturated rings. The molecule has 0 saturated heterocycles. The molecule has 0 atom stereocenters. The fraction of sp³-hybridized carbons (Fsp3) is 0. The molecule has 2 aromatic carbocycles. The molecule has 3 nitrogen and oxygen atoms in total. The van der Waals surface area contributed by atoms with Gasteiger partial charge < -0.3 is 4.57 Å². The highest BCUT2D eigenvalue weighted by atomic mass is 35.5. The maximum Gasteiger partial charge on any atom is 0.257 e. The van der Waals surface area contributed by atoms with Crippen LogP contribution in [-0.4, -0.2) is 9.81 Å². The molecule has 98 valence electrons. The van der Waals surface area contributed by atoms with Gasteiger partial charge in [0.05, 0.1) is 11.1 Å². The highest BCUT2D eigenvalue weighted by Gasteiger charge is 2.13. The zero-order valence-corrected chi connectivity index (χ0v) is 11.2. The van der Waals surface area contributed by atoms with Crippen molar-refractivity contribution in [2.24, 2.45) is 0 Å². The van der Waals surface area contributed by atoms with E-state index in [0.717, 1.165) is 11.2 Å². The van der Waals surface area contributed by atoms with E-state index in [1.165, 1.54) is 6.20 Å². The van der Waals surface area contributed by atoms with Gasteiger partial charge in [0.15, 0.2) is 0 Å². The Morgan fingerprint density at radius 2 is 1.60 bits per heavy atom. The Morgan fingerprint density at radius 3 is 2.30 bits per heavy atom. The summed E-state index contributed by atoms with van der Waals surface area (Å²) < 4.78 is 1.80. The summed E-state index contributed by atoms with van der Waals surface area (Å²) in [7, 11) is 0. The summed E-state index contributed by atoms with van der Waals surface area (Å²) in [6.07, 6.45) is 1.50. The Kier molecular flexibility index (Phi) is 3.12. The molecule has 0 radical (unpaired) electrons. The van der Waals surface area contributed by atoms with Crippen molar-refractivity contribution in [2.45, 2.75) is 0 Å². The van der Waals surface area contributed by atoms with Crippen LogP contribution in [0.2, 0.25) is 0 Å². The number of benzene rings is 2. The minimum atomic E-state index is -0.745. The van der Waals surface area contributed by atoms with E-state index in [0.29, 0.717) is 5.39 Å². The zero-order chi connectivity index (χ0) is 14.1. The maximum atomic E-state index is 12.2. The van der Waals surface area contributed by atoms with E-state index in [2.05, 4.69) is 0 Å². The Balaban J connectivity index is 2.46. The van der Waals surface area contributed by atoms with Crippen molar-refractivity contribution in [3.8, 4) is 5.69 Å². The smallest absolute Gasteiger partial charge is 0.257 e. The summed E-state index contributed by atoms with van der Waals surface area (Å²) >= 11 is 5.52. The van der Waals surface area contributed by atoms with Crippen LogP contribution in [0.4, 0.5) is 0 Å².